The van der Waals surface area contributed by atoms with Crippen LogP contribution in [0.3, 0.4) is 0 Å². The first-order chi connectivity index (χ1) is 8.00. The quantitative estimate of drug-likeness (QED) is 0.738. The van der Waals surface area contributed by atoms with Crippen molar-refractivity contribution in [3.63, 3.8) is 0 Å². The predicted octanol–water partition coefficient (Wildman–Crippen LogP) is 2.54. The van der Waals surface area contributed by atoms with Crippen LogP contribution in [0, 0.1) is 3.57 Å². The van der Waals surface area contributed by atoms with Crippen molar-refractivity contribution in [2.75, 3.05) is 13.1 Å². The second kappa shape index (κ2) is 5.24. The molecule has 1 aliphatic rings. The van der Waals surface area contributed by atoms with Gasteiger partial charge in [-0.3, -0.25) is 4.79 Å². The number of carbonyl (C=O) groups is 1. The average molecular weight is 409 g/mol. The van der Waals surface area contributed by atoms with Crippen LogP contribution in [0.2, 0.25) is 0 Å². The molecule has 0 aliphatic carbocycles. The molecule has 1 saturated heterocycles. The minimum Gasteiger partial charge on any atom is -0.346 e. The van der Waals surface area contributed by atoms with Crippen LogP contribution < -0.4 is 10.6 Å². The number of nitrogens with one attached hydrogen (secondary N) is 2. The Labute approximate surface area is 123 Å². The molecule has 17 heavy (non-hydrogen) atoms. The third-order valence-electron chi connectivity index (χ3n) is 2.96. The van der Waals surface area contributed by atoms with Crippen LogP contribution in [0.1, 0.15) is 23.7 Å². The Bertz CT molecular complexity index is 444. The number of hydrogen-bond acceptors (Lipinski definition) is 2. The van der Waals surface area contributed by atoms with E-state index in [-0.39, 0.29) is 11.4 Å². The molecule has 0 bridgehead atoms. The maximum absolute atomic E-state index is 12.2. The molecule has 0 saturated carbocycles. The molecule has 5 heteroatoms. The van der Waals surface area contributed by atoms with Gasteiger partial charge in [-0.15, -0.1) is 0 Å². The van der Waals surface area contributed by atoms with Crippen molar-refractivity contribution in [1.29, 1.82) is 0 Å². The first-order valence-electron chi connectivity index (χ1n) is 5.48. The minimum absolute atomic E-state index is 0.00176. The van der Waals surface area contributed by atoms with Gasteiger partial charge in [-0.1, -0.05) is 15.9 Å². The van der Waals surface area contributed by atoms with Crippen molar-refractivity contribution in [1.82, 2.24) is 10.6 Å². The van der Waals surface area contributed by atoms with Crippen LogP contribution in [0.15, 0.2) is 22.7 Å². The first kappa shape index (κ1) is 13.3. The molecule has 1 unspecified atom stereocenters. The summed E-state index contributed by atoms with van der Waals surface area (Å²) < 4.78 is 1.90. The Kier molecular flexibility index (Phi) is 4.10. The van der Waals surface area contributed by atoms with Crippen molar-refractivity contribution in [3.05, 3.63) is 31.8 Å². The predicted molar refractivity (Wildman–Crippen MR) is 80.2 cm³/mol. The van der Waals surface area contributed by atoms with Crippen LogP contribution in [0.5, 0.6) is 0 Å². The van der Waals surface area contributed by atoms with Crippen LogP contribution >= 0.6 is 38.5 Å². The van der Waals surface area contributed by atoms with Gasteiger partial charge in [0.2, 0.25) is 0 Å². The summed E-state index contributed by atoms with van der Waals surface area (Å²) in [5.74, 6) is 0.00176. The maximum atomic E-state index is 12.2. The van der Waals surface area contributed by atoms with Crippen LogP contribution in [0.25, 0.3) is 0 Å². The van der Waals surface area contributed by atoms with E-state index < -0.39 is 0 Å². The zero-order valence-electron chi connectivity index (χ0n) is 9.52. The van der Waals surface area contributed by atoms with E-state index in [9.17, 15) is 4.79 Å². The molecule has 2 N–H and O–H groups in total. The van der Waals surface area contributed by atoms with E-state index in [2.05, 4.69) is 56.1 Å². The van der Waals surface area contributed by atoms with Crippen molar-refractivity contribution in [2.45, 2.75) is 18.9 Å². The fourth-order valence-electron chi connectivity index (χ4n) is 1.94. The largest absolute Gasteiger partial charge is 0.346 e. The topological polar surface area (TPSA) is 41.1 Å². The zero-order valence-corrected chi connectivity index (χ0v) is 13.3. The molecule has 1 aromatic rings. The number of hydrogen-bond donors (Lipinski definition) is 2. The average Bonchev–Trinajstić information content (AvgIpc) is 2.68. The van der Waals surface area contributed by atoms with E-state index >= 15 is 0 Å². The second-order valence-electron chi connectivity index (χ2n) is 4.57. The monoisotopic (exact) mass is 408 g/mol. The molecule has 92 valence electrons. The second-order valence-corrected chi connectivity index (χ2v) is 6.64. The van der Waals surface area contributed by atoms with Crippen molar-refractivity contribution in [3.8, 4) is 0 Å². The summed E-state index contributed by atoms with van der Waals surface area (Å²) in [6, 6.07) is 5.75. The van der Waals surface area contributed by atoms with E-state index in [1.54, 1.807) is 0 Å². The van der Waals surface area contributed by atoms with Gasteiger partial charge in [-0.05, 0) is 60.7 Å². The van der Waals surface area contributed by atoms with Crippen LogP contribution in [-0.2, 0) is 0 Å². The Balaban J connectivity index is 2.17. The highest BCUT2D eigenvalue weighted by Gasteiger charge is 2.30. The third-order valence-corrected chi connectivity index (χ3v) is 4.39. The summed E-state index contributed by atoms with van der Waals surface area (Å²) in [4.78, 5) is 12.2. The van der Waals surface area contributed by atoms with E-state index in [1.807, 2.05) is 18.2 Å². The van der Waals surface area contributed by atoms with E-state index in [1.165, 1.54) is 0 Å². The van der Waals surface area contributed by atoms with Crippen molar-refractivity contribution >= 4 is 44.4 Å². The van der Waals surface area contributed by atoms with Gasteiger partial charge >= 0.3 is 0 Å². The number of amides is 1. The highest BCUT2D eigenvalue weighted by atomic mass is 127. The van der Waals surface area contributed by atoms with E-state index in [0.29, 0.717) is 0 Å². The number of carbonyl (C=O) groups excluding carboxylic acids is 1. The Morgan fingerprint density at radius 1 is 1.59 bits per heavy atom. The zero-order chi connectivity index (χ0) is 12.5. The Morgan fingerprint density at radius 3 is 3.00 bits per heavy atom. The third kappa shape index (κ3) is 3.20. The number of halogens is 2. The van der Waals surface area contributed by atoms with E-state index in [0.717, 1.165) is 33.1 Å². The van der Waals surface area contributed by atoms with Gasteiger partial charge in [-0.2, -0.15) is 0 Å². The molecule has 1 aliphatic heterocycles. The van der Waals surface area contributed by atoms with Crippen LogP contribution in [-0.4, -0.2) is 24.5 Å². The molecule has 1 atom stereocenters. The normalized spacial score (nSPS) is 23.7. The van der Waals surface area contributed by atoms with Gasteiger partial charge in [0.05, 0.1) is 11.1 Å². The van der Waals surface area contributed by atoms with Crippen molar-refractivity contribution < 1.29 is 4.79 Å². The lowest BCUT2D eigenvalue weighted by atomic mass is 10.0. The Morgan fingerprint density at radius 2 is 2.35 bits per heavy atom. The minimum atomic E-state index is -0.123. The molecule has 1 fully saturated rings. The highest BCUT2D eigenvalue weighted by molar-refractivity contribution is 14.1. The molecule has 0 spiro atoms. The fourth-order valence-corrected chi connectivity index (χ4v) is 2.88. The summed E-state index contributed by atoms with van der Waals surface area (Å²) in [5, 5.41) is 6.38. The van der Waals surface area contributed by atoms with Gasteiger partial charge < -0.3 is 10.6 Å². The maximum Gasteiger partial charge on any atom is 0.252 e. The van der Waals surface area contributed by atoms with Gasteiger partial charge in [0.25, 0.3) is 5.91 Å². The molecule has 0 aromatic heterocycles. The lowest BCUT2D eigenvalue weighted by Crippen LogP contribution is -2.47. The number of rotatable bonds is 2. The molecule has 1 aromatic carbocycles. The van der Waals surface area contributed by atoms with Gasteiger partial charge in [-0.25, -0.2) is 0 Å². The Hall–Kier alpha value is -0.140. The van der Waals surface area contributed by atoms with Gasteiger partial charge in [0, 0.05) is 14.6 Å². The molecule has 1 amide bonds. The van der Waals surface area contributed by atoms with Crippen molar-refractivity contribution in [2.24, 2.45) is 0 Å². The molecule has 3 nitrogen and oxygen atoms in total. The standard InChI is InChI=1S/C12H14BrIN2O/c1-12(4-5-15-7-12)16-11(17)9-6-8(13)2-3-10(9)14/h2-3,6,15H,4-5,7H2,1H3,(H,16,17). The molecule has 2 rings (SSSR count). The number of benzene rings is 1. The SMILES string of the molecule is CC1(NC(=O)c2cc(Br)ccc2I)CCNC1. The lowest BCUT2D eigenvalue weighted by Gasteiger charge is -2.24. The summed E-state index contributed by atoms with van der Waals surface area (Å²) in [5.41, 5.74) is 0.607. The molecular weight excluding hydrogens is 395 g/mol. The summed E-state index contributed by atoms with van der Waals surface area (Å²) in [6.07, 6.45) is 0.976. The van der Waals surface area contributed by atoms with Crippen LogP contribution in [0.4, 0.5) is 0 Å². The molecule has 0 radical (unpaired) electrons. The lowest BCUT2D eigenvalue weighted by molar-refractivity contribution is 0.0912. The van der Waals surface area contributed by atoms with E-state index in [4.69, 9.17) is 0 Å². The highest BCUT2D eigenvalue weighted by Crippen LogP contribution is 2.20. The summed E-state index contributed by atoms with van der Waals surface area (Å²) in [7, 11) is 0. The fraction of sp³-hybridized carbons (Fsp3) is 0.417. The smallest absolute Gasteiger partial charge is 0.252 e. The first-order valence-corrected chi connectivity index (χ1v) is 7.36. The van der Waals surface area contributed by atoms with Gasteiger partial charge in [0.1, 0.15) is 0 Å². The summed E-state index contributed by atoms with van der Waals surface area (Å²) in [6.45, 7) is 3.88. The molecular formula is C12H14BrIN2O. The van der Waals surface area contributed by atoms with Gasteiger partial charge in [0.15, 0.2) is 0 Å². The summed E-state index contributed by atoms with van der Waals surface area (Å²) >= 11 is 5.58. The molecule has 1 heterocycles.